The summed E-state index contributed by atoms with van der Waals surface area (Å²) in [5, 5.41) is 3.54. The zero-order chi connectivity index (χ0) is 9.26. The van der Waals surface area contributed by atoms with Gasteiger partial charge in [0.25, 0.3) is 0 Å². The van der Waals surface area contributed by atoms with Gasteiger partial charge in [0.15, 0.2) is 0 Å². The van der Waals surface area contributed by atoms with Gasteiger partial charge in [0.05, 0.1) is 0 Å². The smallest absolute Gasteiger partial charge is 0.0323 e. The summed E-state index contributed by atoms with van der Waals surface area (Å²) in [5.74, 6) is 0. The van der Waals surface area contributed by atoms with E-state index in [1.165, 1.54) is 36.1 Å². The largest absolute Gasteiger partial charge is 0.310 e. The summed E-state index contributed by atoms with van der Waals surface area (Å²) in [6.07, 6.45) is 2.61. The Kier molecular flexibility index (Phi) is 2.36. The fraction of sp³-hybridized carbons (Fsp3) is 0.500. The summed E-state index contributed by atoms with van der Waals surface area (Å²) in [4.78, 5) is 0. The molecular weight excluding hydrogens is 158 g/mol. The Labute approximate surface area is 80.2 Å². The molecule has 1 nitrogen and oxygen atoms in total. The van der Waals surface area contributed by atoms with Gasteiger partial charge in [-0.15, -0.1) is 0 Å². The van der Waals surface area contributed by atoms with E-state index in [2.05, 4.69) is 37.4 Å². The van der Waals surface area contributed by atoms with E-state index in [0.29, 0.717) is 6.04 Å². The first kappa shape index (κ1) is 8.76. The minimum absolute atomic E-state index is 0.611. The van der Waals surface area contributed by atoms with Crippen molar-refractivity contribution in [3.63, 3.8) is 0 Å². The number of nitrogens with one attached hydrogen (secondary N) is 1. The maximum atomic E-state index is 3.54. The van der Waals surface area contributed by atoms with Crippen LogP contribution in [0.15, 0.2) is 18.2 Å². The molecule has 1 N–H and O–H groups in total. The molecular formula is C12H17N. The molecule has 0 radical (unpaired) electrons. The SMILES string of the molecule is Cc1cccc([C@@H]2CCCN2)c1C. The molecule has 13 heavy (non-hydrogen) atoms. The lowest BCUT2D eigenvalue weighted by atomic mass is 9.97. The van der Waals surface area contributed by atoms with Crippen LogP contribution >= 0.6 is 0 Å². The van der Waals surface area contributed by atoms with Crippen LogP contribution in [0.5, 0.6) is 0 Å². The lowest BCUT2D eigenvalue weighted by Crippen LogP contribution is -2.14. The number of hydrogen-bond acceptors (Lipinski definition) is 1. The van der Waals surface area contributed by atoms with E-state index in [1.807, 2.05) is 0 Å². The zero-order valence-corrected chi connectivity index (χ0v) is 8.43. The molecule has 1 aromatic carbocycles. The van der Waals surface area contributed by atoms with Crippen LogP contribution in [0, 0.1) is 13.8 Å². The van der Waals surface area contributed by atoms with E-state index in [-0.39, 0.29) is 0 Å². The summed E-state index contributed by atoms with van der Waals surface area (Å²) in [6.45, 7) is 5.59. The van der Waals surface area contributed by atoms with Crippen molar-refractivity contribution in [1.82, 2.24) is 5.32 Å². The minimum Gasteiger partial charge on any atom is -0.310 e. The summed E-state index contributed by atoms with van der Waals surface area (Å²) < 4.78 is 0. The van der Waals surface area contributed by atoms with Gasteiger partial charge in [0.1, 0.15) is 0 Å². The van der Waals surface area contributed by atoms with E-state index in [1.54, 1.807) is 0 Å². The molecule has 0 amide bonds. The van der Waals surface area contributed by atoms with Crippen LogP contribution < -0.4 is 5.32 Å². The van der Waals surface area contributed by atoms with Gasteiger partial charge < -0.3 is 5.32 Å². The minimum atomic E-state index is 0.611. The van der Waals surface area contributed by atoms with E-state index in [0.717, 1.165) is 0 Å². The van der Waals surface area contributed by atoms with Crippen molar-refractivity contribution in [2.45, 2.75) is 32.7 Å². The lowest BCUT2D eigenvalue weighted by molar-refractivity contribution is 0.643. The third kappa shape index (κ3) is 1.61. The molecule has 1 heterocycles. The van der Waals surface area contributed by atoms with Gasteiger partial charge in [0, 0.05) is 6.04 Å². The molecule has 1 atom stereocenters. The molecule has 0 aliphatic carbocycles. The first-order valence-corrected chi connectivity index (χ1v) is 5.08. The van der Waals surface area contributed by atoms with Gasteiger partial charge >= 0.3 is 0 Å². The van der Waals surface area contributed by atoms with Gasteiger partial charge in [-0.25, -0.2) is 0 Å². The van der Waals surface area contributed by atoms with Crippen molar-refractivity contribution in [1.29, 1.82) is 0 Å². The van der Waals surface area contributed by atoms with Crippen LogP contribution in [-0.4, -0.2) is 6.54 Å². The summed E-state index contributed by atoms with van der Waals surface area (Å²) in [5.41, 5.74) is 4.37. The number of aryl methyl sites for hydroxylation is 1. The van der Waals surface area contributed by atoms with Crippen molar-refractivity contribution >= 4 is 0 Å². The molecule has 0 aromatic heterocycles. The summed E-state index contributed by atoms with van der Waals surface area (Å²) >= 11 is 0. The highest BCUT2D eigenvalue weighted by Crippen LogP contribution is 2.26. The van der Waals surface area contributed by atoms with Crippen molar-refractivity contribution in [3.05, 3.63) is 34.9 Å². The quantitative estimate of drug-likeness (QED) is 0.692. The van der Waals surface area contributed by atoms with Crippen molar-refractivity contribution < 1.29 is 0 Å². The van der Waals surface area contributed by atoms with E-state index in [9.17, 15) is 0 Å². The van der Waals surface area contributed by atoms with Crippen molar-refractivity contribution in [2.75, 3.05) is 6.54 Å². The van der Waals surface area contributed by atoms with Crippen LogP contribution in [0.2, 0.25) is 0 Å². The van der Waals surface area contributed by atoms with Gasteiger partial charge in [-0.2, -0.15) is 0 Å². The van der Waals surface area contributed by atoms with Crippen molar-refractivity contribution in [3.8, 4) is 0 Å². The number of benzene rings is 1. The normalized spacial score (nSPS) is 22.2. The van der Waals surface area contributed by atoms with E-state index < -0.39 is 0 Å². The van der Waals surface area contributed by atoms with Crippen LogP contribution in [0.3, 0.4) is 0 Å². The third-order valence-electron chi connectivity index (χ3n) is 3.08. The molecule has 0 bridgehead atoms. The molecule has 1 heteroatoms. The average molecular weight is 175 g/mol. The predicted molar refractivity (Wildman–Crippen MR) is 55.9 cm³/mol. The number of hydrogen-bond donors (Lipinski definition) is 1. The molecule has 1 aromatic rings. The Balaban J connectivity index is 2.33. The van der Waals surface area contributed by atoms with Crippen LogP contribution in [0.4, 0.5) is 0 Å². The Morgan fingerprint density at radius 3 is 2.85 bits per heavy atom. The maximum Gasteiger partial charge on any atom is 0.0323 e. The molecule has 2 rings (SSSR count). The highest BCUT2D eigenvalue weighted by atomic mass is 14.9. The van der Waals surface area contributed by atoms with Gasteiger partial charge in [-0.05, 0) is 49.9 Å². The van der Waals surface area contributed by atoms with Crippen molar-refractivity contribution in [2.24, 2.45) is 0 Å². The fourth-order valence-corrected chi connectivity index (χ4v) is 2.10. The van der Waals surface area contributed by atoms with E-state index in [4.69, 9.17) is 0 Å². The standard InChI is InChI=1S/C12H17N/c1-9-5-3-6-11(10(9)2)12-7-4-8-13-12/h3,5-6,12-13H,4,7-8H2,1-2H3/t12-/m0/s1. The second kappa shape index (κ2) is 3.51. The molecule has 70 valence electrons. The molecule has 0 unspecified atom stereocenters. The highest BCUT2D eigenvalue weighted by molar-refractivity contribution is 5.35. The number of rotatable bonds is 1. The van der Waals surface area contributed by atoms with Crippen LogP contribution in [-0.2, 0) is 0 Å². The third-order valence-corrected chi connectivity index (χ3v) is 3.08. The highest BCUT2D eigenvalue weighted by Gasteiger charge is 2.17. The van der Waals surface area contributed by atoms with E-state index >= 15 is 0 Å². The molecule has 1 fully saturated rings. The second-order valence-corrected chi connectivity index (χ2v) is 3.94. The first-order chi connectivity index (χ1) is 6.29. The lowest BCUT2D eigenvalue weighted by Gasteiger charge is -2.15. The Bertz CT molecular complexity index is 298. The Hall–Kier alpha value is -0.820. The van der Waals surface area contributed by atoms with Gasteiger partial charge in [-0.3, -0.25) is 0 Å². The second-order valence-electron chi connectivity index (χ2n) is 3.94. The molecule has 0 saturated carbocycles. The summed E-state index contributed by atoms with van der Waals surface area (Å²) in [6, 6.07) is 7.22. The topological polar surface area (TPSA) is 12.0 Å². The monoisotopic (exact) mass is 175 g/mol. The Morgan fingerprint density at radius 1 is 1.31 bits per heavy atom. The van der Waals surface area contributed by atoms with Gasteiger partial charge in [-0.1, -0.05) is 18.2 Å². The first-order valence-electron chi connectivity index (χ1n) is 5.08. The average Bonchev–Trinajstić information content (AvgIpc) is 2.62. The van der Waals surface area contributed by atoms with Crippen LogP contribution in [0.1, 0.15) is 35.6 Å². The molecule has 1 aliphatic heterocycles. The Morgan fingerprint density at radius 2 is 2.15 bits per heavy atom. The maximum absolute atomic E-state index is 3.54. The molecule has 1 aliphatic rings. The summed E-state index contributed by atoms with van der Waals surface area (Å²) in [7, 11) is 0. The molecule has 1 saturated heterocycles. The van der Waals surface area contributed by atoms with Crippen LogP contribution in [0.25, 0.3) is 0 Å². The predicted octanol–water partition coefficient (Wildman–Crippen LogP) is 2.73. The van der Waals surface area contributed by atoms with Gasteiger partial charge in [0.2, 0.25) is 0 Å². The molecule has 0 spiro atoms. The fourth-order valence-electron chi connectivity index (χ4n) is 2.10. The zero-order valence-electron chi connectivity index (χ0n) is 8.43.